The summed E-state index contributed by atoms with van der Waals surface area (Å²) >= 11 is 2.27. The monoisotopic (exact) mass is 402 g/mol. The molecule has 0 aliphatic heterocycles. The Morgan fingerprint density at radius 2 is 1.59 bits per heavy atom. The van der Waals surface area contributed by atoms with Gasteiger partial charge in [0, 0.05) is 3.57 Å². The van der Waals surface area contributed by atoms with E-state index in [0.717, 1.165) is 28.5 Å². The van der Waals surface area contributed by atoms with E-state index in [1.54, 1.807) is 0 Å². The summed E-state index contributed by atoms with van der Waals surface area (Å²) in [6, 6.07) is 18.0. The van der Waals surface area contributed by atoms with Gasteiger partial charge >= 0.3 is 0 Å². The largest absolute Gasteiger partial charge is 0.236 e. The maximum Gasteiger partial charge on any atom is 0.130 e. The topological polar surface area (TPSA) is 42.5 Å². The number of aryl methyl sites for hydroxylation is 1. The SMILES string of the molecule is Cc1nn(-c2ccccc2)c(C)c1N=Nc1ccc(I)cc1. The van der Waals surface area contributed by atoms with Crippen LogP contribution in [0, 0.1) is 17.4 Å². The molecule has 5 heteroatoms. The number of rotatable bonds is 3. The number of benzene rings is 2. The van der Waals surface area contributed by atoms with Crippen LogP contribution in [-0.4, -0.2) is 9.78 Å². The summed E-state index contributed by atoms with van der Waals surface area (Å²) in [6.45, 7) is 3.96. The van der Waals surface area contributed by atoms with E-state index in [0.29, 0.717) is 0 Å². The van der Waals surface area contributed by atoms with Gasteiger partial charge in [-0.25, -0.2) is 4.68 Å². The highest BCUT2D eigenvalue weighted by Gasteiger charge is 2.12. The second-order valence-corrected chi connectivity index (χ2v) is 6.19. The van der Waals surface area contributed by atoms with E-state index in [1.165, 1.54) is 3.57 Å². The standard InChI is InChI=1S/C17H15IN4/c1-12-17(20-19-15-10-8-14(18)9-11-15)13(2)22(21-12)16-6-4-3-5-7-16/h3-11H,1-2H3. The fraction of sp³-hybridized carbons (Fsp3) is 0.118. The smallest absolute Gasteiger partial charge is 0.130 e. The average molecular weight is 402 g/mol. The van der Waals surface area contributed by atoms with Gasteiger partial charge in [-0.15, -0.1) is 5.11 Å². The van der Waals surface area contributed by atoms with Gasteiger partial charge in [0.2, 0.25) is 0 Å². The van der Waals surface area contributed by atoms with Gasteiger partial charge < -0.3 is 0 Å². The predicted molar refractivity (Wildman–Crippen MR) is 96.4 cm³/mol. The lowest BCUT2D eigenvalue weighted by atomic mass is 10.3. The average Bonchev–Trinajstić information content (AvgIpc) is 2.82. The van der Waals surface area contributed by atoms with Crippen LogP contribution in [0.2, 0.25) is 0 Å². The fourth-order valence-electron chi connectivity index (χ4n) is 2.22. The lowest BCUT2D eigenvalue weighted by Crippen LogP contribution is -1.98. The van der Waals surface area contributed by atoms with Crippen molar-refractivity contribution in [3.63, 3.8) is 0 Å². The summed E-state index contributed by atoms with van der Waals surface area (Å²) in [6.07, 6.45) is 0. The molecule has 0 aliphatic rings. The van der Waals surface area contributed by atoms with Gasteiger partial charge in [0.25, 0.3) is 0 Å². The van der Waals surface area contributed by atoms with Crippen LogP contribution in [-0.2, 0) is 0 Å². The quantitative estimate of drug-likeness (QED) is 0.421. The van der Waals surface area contributed by atoms with Gasteiger partial charge in [0.1, 0.15) is 5.69 Å². The maximum atomic E-state index is 4.57. The molecule has 0 amide bonds. The van der Waals surface area contributed by atoms with E-state index in [9.17, 15) is 0 Å². The van der Waals surface area contributed by atoms with Crippen LogP contribution in [0.3, 0.4) is 0 Å². The first-order chi connectivity index (χ1) is 10.6. The third-order valence-corrected chi connectivity index (χ3v) is 4.07. The fourth-order valence-corrected chi connectivity index (χ4v) is 2.57. The van der Waals surface area contributed by atoms with Crippen LogP contribution in [0.15, 0.2) is 64.8 Å². The molecule has 2 aromatic carbocycles. The molecule has 0 fully saturated rings. The zero-order valence-electron chi connectivity index (χ0n) is 12.4. The van der Waals surface area contributed by atoms with E-state index >= 15 is 0 Å². The van der Waals surface area contributed by atoms with Crippen molar-refractivity contribution in [2.75, 3.05) is 0 Å². The first-order valence-electron chi connectivity index (χ1n) is 6.94. The predicted octanol–water partition coefficient (Wildman–Crippen LogP) is 5.51. The van der Waals surface area contributed by atoms with Gasteiger partial charge in [-0.1, -0.05) is 18.2 Å². The van der Waals surface area contributed by atoms with Crippen molar-refractivity contribution in [1.82, 2.24) is 9.78 Å². The lowest BCUT2D eigenvalue weighted by Gasteiger charge is -2.03. The van der Waals surface area contributed by atoms with Gasteiger partial charge in [0.05, 0.1) is 22.8 Å². The maximum absolute atomic E-state index is 4.57. The number of azo groups is 1. The van der Waals surface area contributed by atoms with Crippen molar-refractivity contribution in [3.8, 4) is 5.69 Å². The lowest BCUT2D eigenvalue weighted by molar-refractivity contribution is 0.833. The molecular weight excluding hydrogens is 387 g/mol. The minimum atomic E-state index is 0.822. The van der Waals surface area contributed by atoms with Gasteiger partial charge in [-0.05, 0) is 72.8 Å². The number of aromatic nitrogens is 2. The van der Waals surface area contributed by atoms with Crippen molar-refractivity contribution in [1.29, 1.82) is 0 Å². The number of halogens is 1. The van der Waals surface area contributed by atoms with E-state index in [2.05, 4.69) is 37.9 Å². The van der Waals surface area contributed by atoms with Crippen molar-refractivity contribution >= 4 is 34.0 Å². The molecular formula is C17H15IN4. The van der Waals surface area contributed by atoms with E-state index in [-0.39, 0.29) is 0 Å². The summed E-state index contributed by atoms with van der Waals surface area (Å²) in [4.78, 5) is 0. The van der Waals surface area contributed by atoms with E-state index in [4.69, 9.17) is 0 Å². The molecule has 1 aromatic heterocycles. The second kappa shape index (κ2) is 6.39. The Bertz CT molecular complexity index is 805. The highest BCUT2D eigenvalue weighted by molar-refractivity contribution is 14.1. The zero-order chi connectivity index (χ0) is 15.5. The summed E-state index contributed by atoms with van der Waals surface area (Å²) in [5.74, 6) is 0. The van der Waals surface area contributed by atoms with Crippen LogP contribution in [0.4, 0.5) is 11.4 Å². The Morgan fingerprint density at radius 3 is 2.27 bits per heavy atom. The molecule has 110 valence electrons. The molecule has 0 spiro atoms. The molecule has 0 aliphatic carbocycles. The minimum Gasteiger partial charge on any atom is -0.236 e. The Hall–Kier alpha value is -2.02. The molecule has 0 radical (unpaired) electrons. The first-order valence-corrected chi connectivity index (χ1v) is 8.02. The second-order valence-electron chi connectivity index (χ2n) is 4.94. The summed E-state index contributed by atoms with van der Waals surface area (Å²) < 4.78 is 3.08. The number of nitrogens with zero attached hydrogens (tertiary/aromatic N) is 4. The van der Waals surface area contributed by atoms with Crippen LogP contribution in [0.25, 0.3) is 5.69 Å². The third-order valence-electron chi connectivity index (χ3n) is 3.35. The van der Waals surface area contributed by atoms with Crippen molar-refractivity contribution in [2.24, 2.45) is 10.2 Å². The Balaban J connectivity index is 1.95. The molecule has 1 heterocycles. The van der Waals surface area contributed by atoms with Gasteiger partial charge in [-0.3, -0.25) is 0 Å². The van der Waals surface area contributed by atoms with Crippen molar-refractivity contribution in [2.45, 2.75) is 13.8 Å². The summed E-state index contributed by atoms with van der Waals surface area (Å²) in [5.41, 5.74) is 4.54. The van der Waals surface area contributed by atoms with E-state index in [1.807, 2.05) is 73.1 Å². The molecule has 3 aromatic rings. The Labute approximate surface area is 143 Å². The number of para-hydroxylation sites is 1. The van der Waals surface area contributed by atoms with Crippen LogP contribution in [0.5, 0.6) is 0 Å². The molecule has 22 heavy (non-hydrogen) atoms. The molecule has 4 nitrogen and oxygen atoms in total. The molecule has 0 saturated heterocycles. The highest BCUT2D eigenvalue weighted by atomic mass is 127. The zero-order valence-corrected chi connectivity index (χ0v) is 14.5. The summed E-state index contributed by atoms with van der Waals surface area (Å²) in [5, 5.41) is 13.3. The molecule has 0 atom stereocenters. The molecule has 0 saturated carbocycles. The molecule has 0 N–H and O–H groups in total. The van der Waals surface area contributed by atoms with Crippen molar-refractivity contribution in [3.05, 3.63) is 69.6 Å². The highest BCUT2D eigenvalue weighted by Crippen LogP contribution is 2.27. The molecule has 3 rings (SSSR count). The molecule has 0 unspecified atom stereocenters. The van der Waals surface area contributed by atoms with Gasteiger partial charge in [-0.2, -0.15) is 10.2 Å². The Morgan fingerprint density at radius 1 is 0.909 bits per heavy atom. The normalized spacial score (nSPS) is 11.2. The van der Waals surface area contributed by atoms with Crippen LogP contribution < -0.4 is 0 Å². The Kier molecular flexibility index (Phi) is 4.33. The van der Waals surface area contributed by atoms with E-state index < -0.39 is 0 Å². The first kappa shape index (κ1) is 14.9. The van der Waals surface area contributed by atoms with Gasteiger partial charge in [0.15, 0.2) is 0 Å². The minimum absolute atomic E-state index is 0.822. The number of hydrogen-bond acceptors (Lipinski definition) is 3. The van der Waals surface area contributed by atoms with Crippen LogP contribution >= 0.6 is 22.6 Å². The third kappa shape index (κ3) is 3.09. The number of hydrogen-bond donors (Lipinski definition) is 0. The molecule has 0 bridgehead atoms. The van der Waals surface area contributed by atoms with Crippen LogP contribution in [0.1, 0.15) is 11.4 Å². The summed E-state index contributed by atoms with van der Waals surface area (Å²) in [7, 11) is 0. The van der Waals surface area contributed by atoms with Crippen molar-refractivity contribution < 1.29 is 0 Å².